The minimum Gasteiger partial charge on any atom is -0.494 e. The first kappa shape index (κ1) is 18.9. The summed E-state index contributed by atoms with van der Waals surface area (Å²) < 4.78 is 27.3. The van der Waals surface area contributed by atoms with Crippen molar-refractivity contribution in [2.75, 3.05) is 33.0 Å². The molecule has 0 amide bonds. The van der Waals surface area contributed by atoms with Crippen LogP contribution in [-0.4, -0.2) is 39.0 Å². The lowest BCUT2D eigenvalue weighted by Gasteiger charge is -2.18. The van der Waals surface area contributed by atoms with Gasteiger partial charge in [-0.3, -0.25) is 4.79 Å². The van der Waals surface area contributed by atoms with Gasteiger partial charge in [0.15, 0.2) is 11.5 Å². The molecule has 6 heteroatoms. The maximum absolute atomic E-state index is 12.0. The zero-order valence-electron chi connectivity index (χ0n) is 15.4. The van der Waals surface area contributed by atoms with Crippen molar-refractivity contribution >= 4 is 5.97 Å². The lowest BCUT2D eigenvalue weighted by atomic mass is 10.1. The van der Waals surface area contributed by atoms with Crippen LogP contribution < -0.4 is 18.9 Å². The van der Waals surface area contributed by atoms with E-state index in [1.165, 1.54) is 0 Å². The molecule has 1 aliphatic heterocycles. The van der Waals surface area contributed by atoms with Gasteiger partial charge in [-0.15, -0.1) is 0 Å². The number of benzene rings is 2. The Hall–Kier alpha value is -2.89. The van der Waals surface area contributed by atoms with Crippen molar-refractivity contribution in [1.29, 1.82) is 0 Å². The number of hydrogen-bond donors (Lipinski definition) is 0. The van der Waals surface area contributed by atoms with Crippen LogP contribution in [0.1, 0.15) is 18.9 Å². The molecule has 0 aliphatic carbocycles. The normalized spacial score (nSPS) is 12.3. The molecule has 2 aromatic rings. The second-order valence-electron chi connectivity index (χ2n) is 6.04. The molecule has 0 N–H and O–H groups in total. The predicted molar refractivity (Wildman–Crippen MR) is 99.8 cm³/mol. The van der Waals surface area contributed by atoms with E-state index in [0.717, 1.165) is 17.7 Å². The van der Waals surface area contributed by atoms with Gasteiger partial charge < -0.3 is 23.7 Å². The third kappa shape index (κ3) is 5.81. The van der Waals surface area contributed by atoms with Crippen LogP contribution in [-0.2, 0) is 16.0 Å². The molecule has 6 nitrogen and oxygen atoms in total. The van der Waals surface area contributed by atoms with E-state index < -0.39 is 0 Å². The Morgan fingerprint density at radius 3 is 2.26 bits per heavy atom. The van der Waals surface area contributed by atoms with Gasteiger partial charge in [-0.25, -0.2) is 0 Å². The van der Waals surface area contributed by atoms with Gasteiger partial charge in [-0.1, -0.05) is 13.0 Å². The summed E-state index contributed by atoms with van der Waals surface area (Å²) in [5, 5.41) is 0. The van der Waals surface area contributed by atoms with E-state index in [4.69, 9.17) is 23.7 Å². The lowest BCUT2D eigenvalue weighted by molar-refractivity contribution is -0.143. The molecule has 2 aromatic carbocycles. The van der Waals surface area contributed by atoms with Crippen LogP contribution in [0.4, 0.5) is 0 Å². The second-order valence-corrected chi connectivity index (χ2v) is 6.04. The summed E-state index contributed by atoms with van der Waals surface area (Å²) in [4.78, 5) is 12.0. The lowest BCUT2D eigenvalue weighted by Crippen LogP contribution is -2.16. The van der Waals surface area contributed by atoms with Crippen molar-refractivity contribution < 1.29 is 28.5 Å². The Balaban J connectivity index is 1.37. The molecule has 1 aliphatic rings. The Labute approximate surface area is 158 Å². The highest BCUT2D eigenvalue weighted by Gasteiger charge is 2.13. The van der Waals surface area contributed by atoms with Gasteiger partial charge in [-0.05, 0) is 48.4 Å². The minimum absolute atomic E-state index is 0.181. The summed E-state index contributed by atoms with van der Waals surface area (Å²) in [6.45, 7) is 4.30. The molecule has 0 spiro atoms. The maximum Gasteiger partial charge on any atom is 0.310 e. The molecule has 0 saturated heterocycles. The maximum atomic E-state index is 12.0. The zero-order chi connectivity index (χ0) is 18.9. The van der Waals surface area contributed by atoms with Crippen molar-refractivity contribution in [2.45, 2.75) is 19.8 Å². The van der Waals surface area contributed by atoms with E-state index in [1.807, 2.05) is 42.5 Å². The average molecular weight is 372 g/mol. The summed E-state index contributed by atoms with van der Waals surface area (Å²) in [5.41, 5.74) is 0.827. The smallest absolute Gasteiger partial charge is 0.310 e. The molecule has 0 bridgehead atoms. The van der Waals surface area contributed by atoms with Crippen molar-refractivity contribution in [1.82, 2.24) is 0 Å². The van der Waals surface area contributed by atoms with Crippen LogP contribution in [0.25, 0.3) is 0 Å². The van der Waals surface area contributed by atoms with Gasteiger partial charge in [0.1, 0.15) is 37.9 Å². The summed E-state index contributed by atoms with van der Waals surface area (Å²) in [5.74, 6) is 2.59. The van der Waals surface area contributed by atoms with Gasteiger partial charge in [0.2, 0.25) is 0 Å². The predicted octanol–water partition coefficient (Wildman–Crippen LogP) is 3.41. The molecule has 27 heavy (non-hydrogen) atoms. The first-order chi connectivity index (χ1) is 13.2. The number of hydrogen-bond acceptors (Lipinski definition) is 6. The van der Waals surface area contributed by atoms with Crippen molar-refractivity contribution in [3.8, 4) is 23.0 Å². The second kappa shape index (κ2) is 9.71. The quantitative estimate of drug-likeness (QED) is 0.497. The molecule has 0 fully saturated rings. The van der Waals surface area contributed by atoms with Gasteiger partial charge in [0.05, 0.1) is 13.0 Å². The molecule has 1 heterocycles. The first-order valence-corrected chi connectivity index (χ1v) is 9.14. The number of ether oxygens (including phenoxy) is 5. The van der Waals surface area contributed by atoms with Crippen molar-refractivity contribution in [3.63, 3.8) is 0 Å². The van der Waals surface area contributed by atoms with Crippen LogP contribution >= 0.6 is 0 Å². The van der Waals surface area contributed by atoms with Crippen LogP contribution in [0.3, 0.4) is 0 Å². The van der Waals surface area contributed by atoms with Gasteiger partial charge in [0, 0.05) is 0 Å². The van der Waals surface area contributed by atoms with E-state index in [1.54, 1.807) is 0 Å². The third-order valence-electron chi connectivity index (χ3n) is 3.87. The molecule has 0 unspecified atom stereocenters. The fourth-order valence-corrected chi connectivity index (χ4v) is 2.58. The zero-order valence-corrected chi connectivity index (χ0v) is 15.4. The van der Waals surface area contributed by atoms with Gasteiger partial charge in [-0.2, -0.15) is 0 Å². The SMILES string of the molecule is CCCOc1ccc(OCCOC(=O)Cc2ccc3c(c2)OCCO3)cc1. The monoisotopic (exact) mass is 372 g/mol. The molecular formula is C21H24O6. The van der Waals surface area contributed by atoms with Crippen LogP contribution in [0.5, 0.6) is 23.0 Å². The summed E-state index contributed by atoms with van der Waals surface area (Å²) in [7, 11) is 0. The Morgan fingerprint density at radius 2 is 1.56 bits per heavy atom. The first-order valence-electron chi connectivity index (χ1n) is 9.14. The molecule has 144 valence electrons. The third-order valence-corrected chi connectivity index (χ3v) is 3.87. The average Bonchev–Trinajstić information content (AvgIpc) is 2.70. The van der Waals surface area contributed by atoms with E-state index in [0.29, 0.717) is 43.7 Å². The molecule has 0 aromatic heterocycles. The van der Waals surface area contributed by atoms with Gasteiger partial charge in [0.25, 0.3) is 0 Å². The van der Waals surface area contributed by atoms with Crippen LogP contribution in [0, 0.1) is 0 Å². The van der Waals surface area contributed by atoms with E-state index >= 15 is 0 Å². The van der Waals surface area contributed by atoms with Crippen LogP contribution in [0.15, 0.2) is 42.5 Å². The number of rotatable bonds is 9. The van der Waals surface area contributed by atoms with Crippen molar-refractivity contribution in [3.05, 3.63) is 48.0 Å². The summed E-state index contributed by atoms with van der Waals surface area (Å²) in [6.07, 6.45) is 1.15. The topological polar surface area (TPSA) is 63.2 Å². The fraction of sp³-hybridized carbons (Fsp3) is 0.381. The highest BCUT2D eigenvalue weighted by Crippen LogP contribution is 2.30. The summed E-state index contributed by atoms with van der Waals surface area (Å²) >= 11 is 0. The Kier molecular flexibility index (Phi) is 6.79. The minimum atomic E-state index is -0.307. The molecule has 0 atom stereocenters. The van der Waals surface area contributed by atoms with E-state index in [-0.39, 0.29) is 19.0 Å². The van der Waals surface area contributed by atoms with Gasteiger partial charge >= 0.3 is 5.97 Å². The number of carbonyl (C=O) groups excluding carboxylic acids is 1. The summed E-state index contributed by atoms with van der Waals surface area (Å²) in [6, 6.07) is 12.9. The fourth-order valence-electron chi connectivity index (χ4n) is 2.58. The molecule has 3 rings (SSSR count). The number of esters is 1. The molecule has 0 saturated carbocycles. The number of carbonyl (C=O) groups is 1. The van der Waals surface area contributed by atoms with E-state index in [2.05, 4.69) is 6.92 Å². The van der Waals surface area contributed by atoms with Crippen molar-refractivity contribution in [2.24, 2.45) is 0 Å². The largest absolute Gasteiger partial charge is 0.494 e. The standard InChI is InChI=1S/C21H24O6/c1-2-9-23-17-4-6-18(7-5-17)24-10-13-27-21(22)15-16-3-8-19-20(14-16)26-12-11-25-19/h3-8,14H,2,9-13,15H2,1H3. The van der Waals surface area contributed by atoms with Crippen LogP contribution in [0.2, 0.25) is 0 Å². The highest BCUT2D eigenvalue weighted by atomic mass is 16.6. The molecule has 0 radical (unpaired) electrons. The number of fused-ring (bicyclic) bond motifs is 1. The Bertz CT molecular complexity index is 741. The van der Waals surface area contributed by atoms with E-state index in [9.17, 15) is 4.79 Å². The molecular weight excluding hydrogens is 348 g/mol. The highest BCUT2D eigenvalue weighted by molar-refractivity contribution is 5.73. The Morgan fingerprint density at radius 1 is 0.889 bits per heavy atom.